The first kappa shape index (κ1) is 15.7. The number of rotatable bonds is 6. The SMILES string of the molecule is COC(=O)c1ccnc(COc2ccc(CO)cc2C=O)c1. The zero-order valence-corrected chi connectivity index (χ0v) is 12.0. The van der Waals surface area contributed by atoms with Gasteiger partial charge in [0.1, 0.15) is 12.4 Å². The number of esters is 1. The van der Waals surface area contributed by atoms with E-state index in [1.165, 1.54) is 13.3 Å². The van der Waals surface area contributed by atoms with Crippen molar-refractivity contribution in [2.75, 3.05) is 7.11 Å². The molecule has 6 heteroatoms. The lowest BCUT2D eigenvalue weighted by molar-refractivity contribution is 0.0600. The average molecular weight is 301 g/mol. The van der Waals surface area contributed by atoms with E-state index < -0.39 is 5.97 Å². The second-order valence-electron chi connectivity index (χ2n) is 4.46. The Labute approximate surface area is 127 Å². The predicted octanol–water partition coefficient (Wildman–Crippen LogP) is 1.75. The van der Waals surface area contributed by atoms with Crippen LogP contribution < -0.4 is 4.74 Å². The van der Waals surface area contributed by atoms with E-state index in [0.717, 1.165) is 0 Å². The van der Waals surface area contributed by atoms with Crippen LogP contribution in [0.5, 0.6) is 5.75 Å². The molecule has 1 N–H and O–H groups in total. The average Bonchev–Trinajstić information content (AvgIpc) is 2.59. The Hall–Kier alpha value is -2.73. The lowest BCUT2D eigenvalue weighted by Gasteiger charge is -2.09. The van der Waals surface area contributed by atoms with Crippen molar-refractivity contribution in [1.29, 1.82) is 0 Å². The third-order valence-corrected chi connectivity index (χ3v) is 3.00. The molecule has 0 spiro atoms. The molecule has 6 nitrogen and oxygen atoms in total. The van der Waals surface area contributed by atoms with Crippen molar-refractivity contribution in [2.45, 2.75) is 13.2 Å². The zero-order chi connectivity index (χ0) is 15.9. The fourth-order valence-corrected chi connectivity index (χ4v) is 1.87. The van der Waals surface area contributed by atoms with Crippen molar-refractivity contribution in [1.82, 2.24) is 4.98 Å². The van der Waals surface area contributed by atoms with Gasteiger partial charge in [-0.1, -0.05) is 6.07 Å². The number of aliphatic hydroxyl groups is 1. The van der Waals surface area contributed by atoms with Gasteiger partial charge in [0.05, 0.1) is 30.5 Å². The van der Waals surface area contributed by atoms with Crippen molar-refractivity contribution in [2.24, 2.45) is 0 Å². The number of ether oxygens (including phenoxy) is 2. The van der Waals surface area contributed by atoms with E-state index in [-0.39, 0.29) is 13.2 Å². The number of carbonyl (C=O) groups is 2. The van der Waals surface area contributed by atoms with Gasteiger partial charge in [-0.25, -0.2) is 4.79 Å². The first-order valence-electron chi connectivity index (χ1n) is 6.53. The van der Waals surface area contributed by atoms with Gasteiger partial charge in [-0.3, -0.25) is 9.78 Å². The summed E-state index contributed by atoms with van der Waals surface area (Å²) >= 11 is 0. The minimum absolute atomic E-state index is 0.101. The Morgan fingerprint density at radius 2 is 2.14 bits per heavy atom. The molecule has 0 aliphatic heterocycles. The largest absolute Gasteiger partial charge is 0.487 e. The van der Waals surface area contributed by atoms with E-state index in [0.29, 0.717) is 34.4 Å². The summed E-state index contributed by atoms with van der Waals surface area (Å²) in [4.78, 5) is 26.6. The molecule has 114 valence electrons. The number of aldehydes is 1. The number of pyridine rings is 1. The van der Waals surface area contributed by atoms with Gasteiger partial charge in [0, 0.05) is 6.20 Å². The van der Waals surface area contributed by atoms with Gasteiger partial charge in [0.2, 0.25) is 0 Å². The number of aromatic nitrogens is 1. The summed E-state index contributed by atoms with van der Waals surface area (Å²) in [6.07, 6.45) is 2.15. The van der Waals surface area contributed by atoms with Gasteiger partial charge < -0.3 is 14.6 Å². The first-order valence-corrected chi connectivity index (χ1v) is 6.53. The van der Waals surface area contributed by atoms with Crippen LogP contribution in [0.4, 0.5) is 0 Å². The first-order chi connectivity index (χ1) is 10.7. The van der Waals surface area contributed by atoms with Crippen LogP contribution in [-0.4, -0.2) is 29.5 Å². The maximum absolute atomic E-state index is 11.5. The number of aliphatic hydroxyl groups excluding tert-OH is 1. The molecule has 1 aromatic carbocycles. The molecule has 0 unspecified atom stereocenters. The molecule has 2 rings (SSSR count). The van der Waals surface area contributed by atoms with Gasteiger partial charge in [-0.2, -0.15) is 0 Å². The topological polar surface area (TPSA) is 85.7 Å². The van der Waals surface area contributed by atoms with Crippen LogP contribution in [-0.2, 0) is 18.0 Å². The Bertz CT molecular complexity index is 684. The van der Waals surface area contributed by atoms with E-state index in [1.54, 1.807) is 30.3 Å². The summed E-state index contributed by atoms with van der Waals surface area (Å²) in [7, 11) is 1.30. The van der Waals surface area contributed by atoms with Crippen LogP contribution in [0.25, 0.3) is 0 Å². The molecule has 0 saturated carbocycles. The molecule has 0 aliphatic carbocycles. The molecule has 0 bridgehead atoms. The molecular weight excluding hydrogens is 286 g/mol. The maximum atomic E-state index is 11.5. The van der Waals surface area contributed by atoms with Crippen LogP contribution >= 0.6 is 0 Å². The minimum atomic E-state index is -0.454. The second kappa shape index (κ2) is 7.33. The Morgan fingerprint density at radius 1 is 1.32 bits per heavy atom. The Balaban J connectivity index is 2.13. The van der Waals surface area contributed by atoms with Gasteiger partial charge >= 0.3 is 5.97 Å². The van der Waals surface area contributed by atoms with Crippen molar-refractivity contribution in [3.05, 3.63) is 58.9 Å². The van der Waals surface area contributed by atoms with Crippen molar-refractivity contribution < 1.29 is 24.2 Å². The quantitative estimate of drug-likeness (QED) is 0.646. The second-order valence-corrected chi connectivity index (χ2v) is 4.46. The molecular formula is C16H15NO5. The normalized spacial score (nSPS) is 10.1. The summed E-state index contributed by atoms with van der Waals surface area (Å²) < 4.78 is 10.2. The number of nitrogens with zero attached hydrogens (tertiary/aromatic N) is 1. The molecule has 0 aliphatic rings. The molecule has 0 fully saturated rings. The van der Waals surface area contributed by atoms with Crippen molar-refractivity contribution in [3.8, 4) is 5.75 Å². The predicted molar refractivity (Wildman–Crippen MR) is 77.7 cm³/mol. The summed E-state index contributed by atoms with van der Waals surface area (Å²) in [5.41, 5.74) is 1.88. The van der Waals surface area contributed by atoms with E-state index in [4.69, 9.17) is 9.84 Å². The summed E-state index contributed by atoms with van der Waals surface area (Å²) in [6, 6.07) is 7.94. The lowest BCUT2D eigenvalue weighted by Crippen LogP contribution is -2.05. The lowest BCUT2D eigenvalue weighted by atomic mass is 10.1. The highest BCUT2D eigenvalue weighted by Crippen LogP contribution is 2.20. The summed E-state index contributed by atoms with van der Waals surface area (Å²) in [5.74, 6) is -0.0676. The number of carbonyl (C=O) groups excluding carboxylic acids is 2. The van der Waals surface area contributed by atoms with Gasteiger partial charge in [0.15, 0.2) is 6.29 Å². The molecule has 0 atom stereocenters. The highest BCUT2D eigenvalue weighted by molar-refractivity contribution is 5.89. The molecule has 0 radical (unpaired) electrons. The summed E-state index contributed by atoms with van der Waals surface area (Å²) in [5, 5.41) is 9.05. The molecule has 1 aromatic heterocycles. The number of methoxy groups -OCH3 is 1. The van der Waals surface area contributed by atoms with Crippen LogP contribution in [0.3, 0.4) is 0 Å². The minimum Gasteiger partial charge on any atom is -0.487 e. The van der Waals surface area contributed by atoms with Crippen LogP contribution in [0.1, 0.15) is 32.0 Å². The zero-order valence-electron chi connectivity index (χ0n) is 12.0. The molecule has 2 aromatic rings. The van der Waals surface area contributed by atoms with Crippen molar-refractivity contribution in [3.63, 3.8) is 0 Å². The van der Waals surface area contributed by atoms with E-state index in [1.807, 2.05) is 0 Å². The monoisotopic (exact) mass is 301 g/mol. The number of hydrogen-bond acceptors (Lipinski definition) is 6. The highest BCUT2D eigenvalue weighted by Gasteiger charge is 2.08. The summed E-state index contributed by atoms with van der Waals surface area (Å²) in [6.45, 7) is -0.0476. The van der Waals surface area contributed by atoms with Gasteiger partial charge in [-0.05, 0) is 29.8 Å². The fourth-order valence-electron chi connectivity index (χ4n) is 1.87. The molecule has 0 amide bonds. The third kappa shape index (κ3) is 3.67. The standard InChI is InChI=1S/C16H15NO5/c1-21-16(20)12-4-5-17-14(7-12)10-22-15-3-2-11(8-18)6-13(15)9-19/h2-7,9,18H,8,10H2,1H3. The van der Waals surface area contributed by atoms with E-state index in [9.17, 15) is 9.59 Å². The van der Waals surface area contributed by atoms with Crippen LogP contribution in [0, 0.1) is 0 Å². The van der Waals surface area contributed by atoms with Crippen molar-refractivity contribution >= 4 is 12.3 Å². The molecule has 22 heavy (non-hydrogen) atoms. The Kier molecular flexibility index (Phi) is 5.21. The number of hydrogen-bond donors (Lipinski definition) is 1. The Morgan fingerprint density at radius 3 is 2.82 bits per heavy atom. The third-order valence-electron chi connectivity index (χ3n) is 3.00. The van der Waals surface area contributed by atoms with Gasteiger partial charge in [0.25, 0.3) is 0 Å². The fraction of sp³-hybridized carbons (Fsp3) is 0.188. The highest BCUT2D eigenvalue weighted by atomic mass is 16.5. The van der Waals surface area contributed by atoms with Crippen LogP contribution in [0.15, 0.2) is 36.5 Å². The maximum Gasteiger partial charge on any atom is 0.337 e. The van der Waals surface area contributed by atoms with E-state index in [2.05, 4.69) is 9.72 Å². The molecule has 1 heterocycles. The van der Waals surface area contributed by atoms with Crippen LogP contribution in [0.2, 0.25) is 0 Å². The van der Waals surface area contributed by atoms with Gasteiger partial charge in [-0.15, -0.1) is 0 Å². The van der Waals surface area contributed by atoms with E-state index >= 15 is 0 Å². The smallest absolute Gasteiger partial charge is 0.337 e. The number of benzene rings is 1. The molecule has 0 saturated heterocycles.